The molecule has 6 nitrogen and oxygen atoms in total. The molecule has 2 aromatic carbocycles. The van der Waals surface area contributed by atoms with Gasteiger partial charge in [0, 0.05) is 10.7 Å². The summed E-state index contributed by atoms with van der Waals surface area (Å²) in [4.78, 5) is 12.5. The fourth-order valence-electron chi connectivity index (χ4n) is 2.38. The minimum absolute atomic E-state index is 0.0671. The van der Waals surface area contributed by atoms with E-state index in [1.54, 1.807) is 36.4 Å². The predicted octanol–water partition coefficient (Wildman–Crippen LogP) is 4.50. The Morgan fingerprint density at radius 1 is 1.18 bits per heavy atom. The van der Waals surface area contributed by atoms with Crippen LogP contribution < -0.4 is 14.8 Å². The number of benzene rings is 2. The van der Waals surface area contributed by atoms with Crippen molar-refractivity contribution in [3.8, 4) is 23.6 Å². The molecule has 0 spiro atoms. The maximum absolute atomic E-state index is 12.5. The first-order valence-electron chi connectivity index (χ1n) is 8.44. The summed E-state index contributed by atoms with van der Waals surface area (Å²) in [5.41, 5.74) is 1.89. The van der Waals surface area contributed by atoms with Crippen LogP contribution in [0.4, 0.5) is 5.69 Å². The van der Waals surface area contributed by atoms with Crippen molar-refractivity contribution in [3.05, 3.63) is 58.1 Å². The van der Waals surface area contributed by atoms with Gasteiger partial charge in [-0.3, -0.25) is 4.79 Å². The van der Waals surface area contributed by atoms with Gasteiger partial charge >= 0.3 is 0 Å². The number of halogens is 1. The maximum Gasteiger partial charge on any atom is 0.266 e. The lowest BCUT2D eigenvalue weighted by Crippen LogP contribution is -2.14. The summed E-state index contributed by atoms with van der Waals surface area (Å²) < 4.78 is 10.8. The van der Waals surface area contributed by atoms with Gasteiger partial charge in [-0.15, -0.1) is 0 Å². The van der Waals surface area contributed by atoms with Gasteiger partial charge in [-0.1, -0.05) is 17.7 Å². The summed E-state index contributed by atoms with van der Waals surface area (Å²) in [6.45, 7) is 3.92. The number of nitriles is 2. The van der Waals surface area contributed by atoms with E-state index in [9.17, 15) is 10.1 Å². The van der Waals surface area contributed by atoms with Gasteiger partial charge in [0.1, 0.15) is 17.7 Å². The zero-order valence-corrected chi connectivity index (χ0v) is 16.2. The normalized spacial score (nSPS) is 10.5. The molecule has 0 fully saturated rings. The van der Waals surface area contributed by atoms with E-state index in [4.69, 9.17) is 26.3 Å². The lowest BCUT2D eigenvalue weighted by atomic mass is 10.1. The summed E-state index contributed by atoms with van der Waals surface area (Å²) in [6, 6.07) is 13.8. The molecule has 2 aromatic rings. The molecule has 0 aromatic heterocycles. The van der Waals surface area contributed by atoms with Crippen LogP contribution in [-0.4, -0.2) is 19.1 Å². The molecular formula is C21H18ClN3O3. The Labute approximate surface area is 168 Å². The zero-order valence-electron chi connectivity index (χ0n) is 15.5. The summed E-state index contributed by atoms with van der Waals surface area (Å²) in [5, 5.41) is 21.3. The Morgan fingerprint density at radius 2 is 1.96 bits per heavy atom. The number of anilines is 1. The molecule has 0 aliphatic rings. The van der Waals surface area contributed by atoms with Crippen molar-refractivity contribution in [2.45, 2.75) is 13.8 Å². The minimum Gasteiger partial charge on any atom is -0.490 e. The number of nitrogens with zero attached hydrogens (tertiary/aromatic N) is 2. The van der Waals surface area contributed by atoms with Gasteiger partial charge in [0.25, 0.3) is 5.91 Å². The highest BCUT2D eigenvalue weighted by Crippen LogP contribution is 2.29. The van der Waals surface area contributed by atoms with E-state index in [1.165, 1.54) is 6.08 Å². The molecule has 0 aliphatic carbocycles. The van der Waals surface area contributed by atoms with Crippen LogP contribution in [-0.2, 0) is 4.79 Å². The molecule has 28 heavy (non-hydrogen) atoms. The van der Waals surface area contributed by atoms with Crippen molar-refractivity contribution < 1.29 is 14.3 Å². The minimum atomic E-state index is -0.532. The highest BCUT2D eigenvalue weighted by atomic mass is 35.5. The molecule has 1 N–H and O–H groups in total. The molecule has 1 amide bonds. The predicted molar refractivity (Wildman–Crippen MR) is 107 cm³/mol. The van der Waals surface area contributed by atoms with E-state index in [0.29, 0.717) is 34.4 Å². The average Bonchev–Trinajstić information content (AvgIpc) is 2.67. The monoisotopic (exact) mass is 395 g/mol. The van der Waals surface area contributed by atoms with Crippen LogP contribution in [0, 0.1) is 29.6 Å². The number of carbonyl (C=O) groups excluding carboxylic acids is 1. The van der Waals surface area contributed by atoms with Gasteiger partial charge in [0.2, 0.25) is 0 Å². The first-order valence-corrected chi connectivity index (χ1v) is 8.82. The van der Waals surface area contributed by atoms with E-state index in [2.05, 4.69) is 5.32 Å². The van der Waals surface area contributed by atoms with E-state index >= 15 is 0 Å². The number of nitrogens with one attached hydrogen (secondary N) is 1. The Bertz CT molecular complexity index is 987. The maximum atomic E-state index is 12.5. The van der Waals surface area contributed by atoms with Gasteiger partial charge in [-0.25, -0.2) is 0 Å². The number of hydrogen-bond donors (Lipinski definition) is 1. The van der Waals surface area contributed by atoms with Gasteiger partial charge in [0.15, 0.2) is 18.1 Å². The van der Waals surface area contributed by atoms with Crippen molar-refractivity contribution in [1.82, 2.24) is 0 Å². The topological polar surface area (TPSA) is 95.1 Å². The van der Waals surface area contributed by atoms with E-state index in [1.807, 2.05) is 26.0 Å². The number of hydrogen-bond acceptors (Lipinski definition) is 5. The van der Waals surface area contributed by atoms with E-state index < -0.39 is 5.91 Å². The molecular weight excluding hydrogens is 378 g/mol. The fraction of sp³-hybridized carbons (Fsp3) is 0.190. The zero-order chi connectivity index (χ0) is 20.5. The first-order chi connectivity index (χ1) is 13.5. The molecule has 7 heteroatoms. The van der Waals surface area contributed by atoms with Gasteiger partial charge in [-0.2, -0.15) is 10.5 Å². The van der Waals surface area contributed by atoms with Crippen LogP contribution in [0.3, 0.4) is 0 Å². The fourth-order valence-corrected chi connectivity index (χ4v) is 2.61. The molecule has 0 bridgehead atoms. The smallest absolute Gasteiger partial charge is 0.266 e. The molecule has 0 aliphatic heterocycles. The van der Waals surface area contributed by atoms with Crippen molar-refractivity contribution in [2.24, 2.45) is 0 Å². The van der Waals surface area contributed by atoms with Gasteiger partial charge in [0.05, 0.1) is 6.61 Å². The molecule has 0 heterocycles. The summed E-state index contributed by atoms with van der Waals surface area (Å²) in [7, 11) is 0. The summed E-state index contributed by atoms with van der Waals surface area (Å²) in [5.74, 6) is 0.314. The van der Waals surface area contributed by atoms with E-state index in [-0.39, 0.29) is 12.2 Å². The molecule has 2 rings (SSSR count). The van der Waals surface area contributed by atoms with Gasteiger partial charge < -0.3 is 14.8 Å². The molecule has 0 unspecified atom stereocenters. The third-order valence-electron chi connectivity index (χ3n) is 3.67. The van der Waals surface area contributed by atoms with Crippen molar-refractivity contribution in [3.63, 3.8) is 0 Å². The molecule has 0 saturated heterocycles. The largest absolute Gasteiger partial charge is 0.490 e. The molecule has 0 atom stereocenters. The van der Waals surface area contributed by atoms with Crippen LogP contribution in [0.2, 0.25) is 5.02 Å². The highest BCUT2D eigenvalue weighted by molar-refractivity contribution is 6.30. The summed E-state index contributed by atoms with van der Waals surface area (Å²) in [6.07, 6.45) is 1.46. The van der Waals surface area contributed by atoms with Crippen molar-refractivity contribution in [1.29, 1.82) is 10.5 Å². The Morgan fingerprint density at radius 3 is 2.61 bits per heavy atom. The summed E-state index contributed by atoms with van der Waals surface area (Å²) >= 11 is 5.92. The standard InChI is InChI=1S/C21H18ClN3O3/c1-3-27-20-12-15(4-7-19(20)28-9-8-23)11-16(13-24)21(26)25-18-6-5-17(22)10-14(18)2/h4-7,10-12H,3,9H2,1-2H3,(H,25,26)/b16-11+. The van der Waals surface area contributed by atoms with Gasteiger partial charge in [-0.05, 0) is 61.4 Å². The van der Waals surface area contributed by atoms with Crippen LogP contribution in [0.1, 0.15) is 18.1 Å². The molecule has 0 radical (unpaired) electrons. The number of rotatable bonds is 7. The number of carbonyl (C=O) groups is 1. The Hall–Kier alpha value is -3.48. The van der Waals surface area contributed by atoms with Crippen LogP contribution in [0.25, 0.3) is 6.08 Å². The van der Waals surface area contributed by atoms with Crippen LogP contribution in [0.5, 0.6) is 11.5 Å². The van der Waals surface area contributed by atoms with Crippen LogP contribution >= 0.6 is 11.6 Å². The number of amides is 1. The lowest BCUT2D eigenvalue weighted by Gasteiger charge is -2.11. The first kappa shape index (κ1) is 20.8. The van der Waals surface area contributed by atoms with Crippen LogP contribution in [0.15, 0.2) is 42.0 Å². The third kappa shape index (κ3) is 5.51. The Kier molecular flexibility index (Phi) is 7.45. The lowest BCUT2D eigenvalue weighted by molar-refractivity contribution is -0.112. The average molecular weight is 396 g/mol. The van der Waals surface area contributed by atoms with Crippen molar-refractivity contribution in [2.75, 3.05) is 18.5 Å². The SMILES string of the molecule is CCOc1cc(/C=C(\C#N)C(=O)Nc2ccc(Cl)cc2C)ccc1OCC#N. The third-order valence-corrected chi connectivity index (χ3v) is 3.91. The second kappa shape index (κ2) is 10.0. The second-order valence-electron chi connectivity index (χ2n) is 5.67. The Balaban J connectivity index is 2.27. The quantitative estimate of drug-likeness (QED) is 0.550. The highest BCUT2D eigenvalue weighted by Gasteiger charge is 2.12. The van der Waals surface area contributed by atoms with Crippen molar-refractivity contribution >= 4 is 29.3 Å². The second-order valence-corrected chi connectivity index (χ2v) is 6.11. The number of aryl methyl sites for hydroxylation is 1. The van der Waals surface area contributed by atoms with E-state index in [0.717, 1.165) is 5.56 Å². The molecule has 142 valence electrons. The number of ether oxygens (including phenoxy) is 2. The molecule has 0 saturated carbocycles.